The number of aromatic nitrogens is 2. The number of amides is 2. The maximum absolute atomic E-state index is 12.1. The van der Waals surface area contributed by atoms with Crippen molar-refractivity contribution in [3.63, 3.8) is 0 Å². The first kappa shape index (κ1) is 14.3. The van der Waals surface area contributed by atoms with Gasteiger partial charge in [0.15, 0.2) is 0 Å². The van der Waals surface area contributed by atoms with E-state index in [1.807, 2.05) is 6.92 Å². The van der Waals surface area contributed by atoms with Crippen LogP contribution in [-0.4, -0.2) is 57.6 Å². The second-order valence-corrected chi connectivity index (χ2v) is 4.60. The van der Waals surface area contributed by atoms with Gasteiger partial charge in [0.25, 0.3) is 0 Å². The molecule has 0 spiro atoms. The van der Waals surface area contributed by atoms with Gasteiger partial charge in [-0.05, 0) is 6.42 Å². The van der Waals surface area contributed by atoms with E-state index < -0.39 is 5.97 Å². The fourth-order valence-corrected chi connectivity index (χ4v) is 2.01. The molecule has 2 heterocycles. The van der Waals surface area contributed by atoms with Gasteiger partial charge < -0.3 is 20.1 Å². The largest absolute Gasteiger partial charge is 0.480 e. The normalized spacial score (nSPS) is 18.9. The van der Waals surface area contributed by atoms with Crippen LogP contribution in [0.25, 0.3) is 0 Å². The van der Waals surface area contributed by atoms with E-state index in [9.17, 15) is 9.59 Å². The van der Waals surface area contributed by atoms with Crippen molar-refractivity contribution in [1.82, 2.24) is 14.7 Å². The van der Waals surface area contributed by atoms with E-state index in [-0.39, 0.29) is 18.7 Å². The van der Waals surface area contributed by atoms with Crippen LogP contribution in [-0.2, 0) is 16.1 Å². The second kappa shape index (κ2) is 6.38. The number of carbonyl (C=O) groups is 2. The Morgan fingerprint density at radius 2 is 2.40 bits per heavy atom. The average Bonchev–Trinajstić information content (AvgIpc) is 2.85. The first-order valence-electron chi connectivity index (χ1n) is 6.50. The van der Waals surface area contributed by atoms with Crippen LogP contribution < -0.4 is 5.32 Å². The molecule has 110 valence electrons. The third-order valence-electron chi connectivity index (χ3n) is 3.06. The lowest BCUT2D eigenvalue weighted by Gasteiger charge is -2.32. The zero-order valence-electron chi connectivity index (χ0n) is 11.3. The minimum atomic E-state index is -0.982. The van der Waals surface area contributed by atoms with Crippen LogP contribution in [0.1, 0.15) is 13.3 Å². The number of hydrogen-bond donors (Lipinski definition) is 2. The van der Waals surface area contributed by atoms with Crippen molar-refractivity contribution in [2.45, 2.75) is 26.0 Å². The zero-order valence-corrected chi connectivity index (χ0v) is 11.3. The molecule has 2 rings (SSSR count). The van der Waals surface area contributed by atoms with Gasteiger partial charge in [-0.3, -0.25) is 9.48 Å². The molecule has 1 atom stereocenters. The summed E-state index contributed by atoms with van der Waals surface area (Å²) in [5.41, 5.74) is 0.482. The van der Waals surface area contributed by atoms with E-state index in [0.29, 0.717) is 25.4 Å². The minimum absolute atomic E-state index is 0.0734. The van der Waals surface area contributed by atoms with Crippen molar-refractivity contribution in [1.29, 1.82) is 0 Å². The summed E-state index contributed by atoms with van der Waals surface area (Å²) < 4.78 is 6.76. The smallest absolute Gasteiger partial charge is 0.325 e. The van der Waals surface area contributed by atoms with E-state index in [4.69, 9.17) is 9.84 Å². The molecule has 0 radical (unpaired) electrons. The summed E-state index contributed by atoms with van der Waals surface area (Å²) in [5, 5.41) is 15.2. The number of hydrogen-bond acceptors (Lipinski definition) is 4. The lowest BCUT2D eigenvalue weighted by Crippen LogP contribution is -2.47. The summed E-state index contributed by atoms with van der Waals surface area (Å²) in [6.45, 7) is 3.43. The number of anilines is 1. The summed E-state index contributed by atoms with van der Waals surface area (Å²) in [5.74, 6) is -0.982. The van der Waals surface area contributed by atoms with Gasteiger partial charge in [-0.25, -0.2) is 4.79 Å². The molecule has 0 aromatic carbocycles. The first-order valence-corrected chi connectivity index (χ1v) is 6.50. The van der Waals surface area contributed by atoms with Gasteiger partial charge in [-0.15, -0.1) is 0 Å². The highest BCUT2D eigenvalue weighted by Crippen LogP contribution is 2.11. The molecule has 1 saturated heterocycles. The summed E-state index contributed by atoms with van der Waals surface area (Å²) in [7, 11) is 0. The number of aliphatic carboxylic acids is 1. The maximum atomic E-state index is 12.1. The van der Waals surface area contributed by atoms with Crippen LogP contribution in [0.15, 0.2) is 12.4 Å². The van der Waals surface area contributed by atoms with Gasteiger partial charge in [0.1, 0.15) is 6.54 Å². The van der Waals surface area contributed by atoms with Crippen LogP contribution in [0, 0.1) is 0 Å². The molecule has 1 aromatic rings. The Morgan fingerprint density at radius 3 is 3.10 bits per heavy atom. The number of rotatable bonds is 4. The minimum Gasteiger partial charge on any atom is -0.480 e. The number of carboxylic acids is 1. The van der Waals surface area contributed by atoms with Gasteiger partial charge in [0, 0.05) is 19.3 Å². The molecule has 0 aliphatic carbocycles. The van der Waals surface area contributed by atoms with Crippen molar-refractivity contribution >= 4 is 17.7 Å². The molecule has 1 aromatic heterocycles. The van der Waals surface area contributed by atoms with E-state index in [2.05, 4.69) is 10.4 Å². The number of nitrogens with one attached hydrogen (secondary N) is 1. The fraction of sp³-hybridized carbons (Fsp3) is 0.583. The zero-order chi connectivity index (χ0) is 14.5. The van der Waals surface area contributed by atoms with Crippen LogP contribution in [0.5, 0.6) is 0 Å². The molecule has 0 saturated carbocycles. The third-order valence-corrected chi connectivity index (χ3v) is 3.06. The number of urea groups is 1. The van der Waals surface area contributed by atoms with Crippen LogP contribution in [0.4, 0.5) is 10.5 Å². The monoisotopic (exact) mass is 282 g/mol. The Balaban J connectivity index is 1.90. The van der Waals surface area contributed by atoms with E-state index in [1.165, 1.54) is 17.1 Å². The lowest BCUT2D eigenvalue weighted by molar-refractivity contribution is -0.137. The average molecular weight is 282 g/mol. The topological polar surface area (TPSA) is 96.7 Å². The van der Waals surface area contributed by atoms with Crippen molar-refractivity contribution < 1.29 is 19.4 Å². The van der Waals surface area contributed by atoms with Crippen LogP contribution >= 0.6 is 0 Å². The number of carboxylic acid groups (broad SMARTS) is 1. The van der Waals surface area contributed by atoms with Crippen molar-refractivity contribution in [3.8, 4) is 0 Å². The highest BCUT2D eigenvalue weighted by molar-refractivity contribution is 5.89. The number of ether oxygens (including phenoxy) is 1. The Hall–Kier alpha value is -2.09. The molecule has 0 bridgehead atoms. The Morgan fingerprint density at radius 1 is 1.60 bits per heavy atom. The van der Waals surface area contributed by atoms with Crippen molar-refractivity contribution in [2.24, 2.45) is 0 Å². The molecular weight excluding hydrogens is 264 g/mol. The van der Waals surface area contributed by atoms with E-state index >= 15 is 0 Å². The third kappa shape index (κ3) is 3.70. The number of nitrogens with zero attached hydrogens (tertiary/aromatic N) is 3. The van der Waals surface area contributed by atoms with Gasteiger partial charge in [-0.1, -0.05) is 6.92 Å². The number of morpholine rings is 1. The summed E-state index contributed by atoms with van der Waals surface area (Å²) in [6.07, 6.45) is 3.85. The van der Waals surface area contributed by atoms with Gasteiger partial charge in [0.05, 0.1) is 24.6 Å². The highest BCUT2D eigenvalue weighted by Gasteiger charge is 2.23. The standard InChI is InChI=1S/C12H18N4O4/c1-2-10-7-15(3-4-20-10)12(19)14-9-5-13-16(6-9)8-11(17)18/h5-6,10H,2-4,7-8H2,1H3,(H,14,19)(H,17,18). The molecule has 8 heteroatoms. The maximum Gasteiger partial charge on any atom is 0.325 e. The molecule has 1 aliphatic heterocycles. The molecule has 2 N–H and O–H groups in total. The predicted molar refractivity (Wildman–Crippen MR) is 70.5 cm³/mol. The molecule has 8 nitrogen and oxygen atoms in total. The lowest BCUT2D eigenvalue weighted by atomic mass is 10.2. The van der Waals surface area contributed by atoms with Gasteiger partial charge in [0.2, 0.25) is 0 Å². The summed E-state index contributed by atoms with van der Waals surface area (Å²) in [6, 6.07) is -0.221. The summed E-state index contributed by atoms with van der Waals surface area (Å²) in [4.78, 5) is 24.3. The van der Waals surface area contributed by atoms with E-state index in [1.54, 1.807) is 4.90 Å². The van der Waals surface area contributed by atoms with Crippen LogP contribution in [0.2, 0.25) is 0 Å². The molecule has 1 fully saturated rings. The van der Waals surface area contributed by atoms with Gasteiger partial charge in [-0.2, -0.15) is 5.10 Å². The SMILES string of the molecule is CCC1CN(C(=O)Nc2cnn(CC(=O)O)c2)CCO1. The summed E-state index contributed by atoms with van der Waals surface area (Å²) >= 11 is 0. The molecular formula is C12H18N4O4. The van der Waals surface area contributed by atoms with Gasteiger partial charge >= 0.3 is 12.0 Å². The molecule has 1 aliphatic rings. The van der Waals surface area contributed by atoms with E-state index in [0.717, 1.165) is 6.42 Å². The molecule has 1 unspecified atom stereocenters. The quantitative estimate of drug-likeness (QED) is 0.843. The Labute approximate surface area is 116 Å². The Bertz CT molecular complexity index is 488. The highest BCUT2D eigenvalue weighted by atomic mass is 16.5. The Kier molecular flexibility index (Phi) is 4.57. The van der Waals surface area contributed by atoms with Crippen molar-refractivity contribution in [3.05, 3.63) is 12.4 Å². The molecule has 2 amide bonds. The first-order chi connectivity index (χ1) is 9.58. The number of carbonyl (C=O) groups excluding carboxylic acids is 1. The second-order valence-electron chi connectivity index (χ2n) is 4.60. The fourth-order valence-electron chi connectivity index (χ4n) is 2.01. The molecule has 20 heavy (non-hydrogen) atoms. The van der Waals surface area contributed by atoms with Crippen LogP contribution in [0.3, 0.4) is 0 Å². The van der Waals surface area contributed by atoms with Crippen molar-refractivity contribution in [2.75, 3.05) is 25.0 Å². The predicted octanol–water partition coefficient (Wildman–Crippen LogP) is 0.610.